The number of Topliss-reactive ketones (excluding diaryl/α,β-unsaturated/α-hetero) is 1. The Labute approximate surface area is 234 Å². The molecule has 208 valence electrons. The number of amides is 1. The zero-order chi connectivity index (χ0) is 29.0. The summed E-state index contributed by atoms with van der Waals surface area (Å²) in [6, 6.07) is 11.6. The van der Waals surface area contributed by atoms with Crippen molar-refractivity contribution in [3.8, 4) is 5.75 Å². The van der Waals surface area contributed by atoms with Gasteiger partial charge in [-0.05, 0) is 50.1 Å². The summed E-state index contributed by atoms with van der Waals surface area (Å²) in [5.74, 6) is -2.91. The predicted octanol–water partition coefficient (Wildman–Crippen LogP) is 4.83. The lowest BCUT2D eigenvalue weighted by Crippen LogP contribution is -2.29. The van der Waals surface area contributed by atoms with Crippen LogP contribution in [-0.2, 0) is 19.1 Å². The number of esters is 2. The topological polar surface area (TPSA) is 132 Å². The van der Waals surface area contributed by atoms with Gasteiger partial charge in [0.25, 0.3) is 5.78 Å². The van der Waals surface area contributed by atoms with E-state index in [4.69, 9.17) is 14.2 Å². The molecule has 10 nitrogen and oxygen atoms in total. The van der Waals surface area contributed by atoms with Gasteiger partial charge in [0, 0.05) is 5.56 Å². The molecule has 1 aromatic heterocycles. The molecule has 0 bridgehead atoms. The van der Waals surface area contributed by atoms with E-state index in [1.54, 1.807) is 50.2 Å². The van der Waals surface area contributed by atoms with Gasteiger partial charge in [0.2, 0.25) is 0 Å². The lowest BCUT2D eigenvalue weighted by Gasteiger charge is -2.23. The summed E-state index contributed by atoms with van der Waals surface area (Å²) in [5, 5.41) is 11.5. The van der Waals surface area contributed by atoms with Crippen LogP contribution in [0.1, 0.15) is 63.2 Å². The normalized spacial score (nSPS) is 16.2. The smallest absolute Gasteiger partial charge is 0.350 e. The molecule has 1 aliphatic rings. The van der Waals surface area contributed by atoms with Crippen molar-refractivity contribution in [1.29, 1.82) is 0 Å². The van der Waals surface area contributed by atoms with E-state index in [9.17, 15) is 24.3 Å². The van der Waals surface area contributed by atoms with E-state index < -0.39 is 35.4 Å². The quantitative estimate of drug-likeness (QED) is 0.168. The van der Waals surface area contributed by atoms with Crippen LogP contribution in [0.3, 0.4) is 0 Å². The first-order chi connectivity index (χ1) is 19.2. The summed E-state index contributed by atoms with van der Waals surface area (Å²) in [6.07, 6.45) is 0.782. The van der Waals surface area contributed by atoms with E-state index in [1.807, 2.05) is 6.92 Å². The van der Waals surface area contributed by atoms with Crippen LogP contribution in [0.2, 0.25) is 0 Å². The highest BCUT2D eigenvalue weighted by Gasteiger charge is 2.48. The van der Waals surface area contributed by atoms with Crippen LogP contribution in [0.5, 0.6) is 5.75 Å². The van der Waals surface area contributed by atoms with Gasteiger partial charge in [0.1, 0.15) is 16.4 Å². The first kappa shape index (κ1) is 28.5. The van der Waals surface area contributed by atoms with Crippen LogP contribution in [0.15, 0.2) is 54.1 Å². The number of anilines is 1. The number of thiazole rings is 1. The van der Waals surface area contributed by atoms with Crippen molar-refractivity contribution in [3.05, 3.63) is 81.4 Å². The number of aliphatic hydroxyl groups is 1. The molecule has 11 heteroatoms. The van der Waals surface area contributed by atoms with Crippen molar-refractivity contribution in [2.75, 3.05) is 25.2 Å². The third kappa shape index (κ3) is 5.46. The van der Waals surface area contributed by atoms with Crippen LogP contribution in [0.25, 0.3) is 5.76 Å². The molecule has 1 amide bonds. The Balaban J connectivity index is 1.88. The fourth-order valence-corrected chi connectivity index (χ4v) is 5.23. The number of hydrogen-bond donors (Lipinski definition) is 1. The largest absolute Gasteiger partial charge is 0.507 e. The summed E-state index contributed by atoms with van der Waals surface area (Å²) in [4.78, 5) is 57.1. The Morgan fingerprint density at radius 1 is 1.05 bits per heavy atom. The minimum atomic E-state index is -1.10. The third-order valence-corrected chi connectivity index (χ3v) is 7.26. The molecule has 2 aromatic carbocycles. The average Bonchev–Trinajstić information content (AvgIpc) is 3.47. The maximum atomic E-state index is 13.5. The van der Waals surface area contributed by atoms with Crippen LogP contribution >= 0.6 is 11.3 Å². The van der Waals surface area contributed by atoms with Crippen molar-refractivity contribution >= 4 is 45.9 Å². The third-order valence-electron chi connectivity index (χ3n) is 6.12. The Morgan fingerprint density at radius 3 is 2.42 bits per heavy atom. The average molecular weight is 565 g/mol. The molecule has 0 spiro atoms. The number of carbonyl (C=O) groups excluding carboxylic acids is 4. The van der Waals surface area contributed by atoms with Crippen molar-refractivity contribution in [2.45, 2.75) is 33.2 Å². The number of benzene rings is 2. The van der Waals surface area contributed by atoms with Gasteiger partial charge in [0.05, 0.1) is 43.2 Å². The molecule has 1 fully saturated rings. The van der Waals surface area contributed by atoms with Gasteiger partial charge in [-0.3, -0.25) is 14.5 Å². The van der Waals surface area contributed by atoms with Crippen molar-refractivity contribution in [1.82, 2.24) is 4.98 Å². The van der Waals surface area contributed by atoms with Gasteiger partial charge in [0.15, 0.2) is 5.13 Å². The molecule has 1 N–H and O–H groups in total. The van der Waals surface area contributed by atoms with E-state index >= 15 is 0 Å². The number of aliphatic hydroxyl groups excluding tert-OH is 1. The molecule has 0 saturated carbocycles. The summed E-state index contributed by atoms with van der Waals surface area (Å²) in [6.45, 7) is 5.86. The Hall–Kier alpha value is -4.51. The van der Waals surface area contributed by atoms with Crippen LogP contribution in [0.4, 0.5) is 5.13 Å². The molecular weight excluding hydrogens is 536 g/mol. The Bertz CT molecular complexity index is 1490. The molecule has 1 saturated heterocycles. The van der Waals surface area contributed by atoms with E-state index in [2.05, 4.69) is 4.98 Å². The number of aryl methyl sites for hydroxylation is 1. The Morgan fingerprint density at radius 2 is 1.77 bits per heavy atom. The second kappa shape index (κ2) is 12.1. The lowest BCUT2D eigenvalue weighted by atomic mass is 9.94. The number of hydrogen-bond acceptors (Lipinski definition) is 10. The molecular formula is C29H28N2O8S. The highest BCUT2D eigenvalue weighted by atomic mass is 32.1. The van der Waals surface area contributed by atoms with Crippen LogP contribution in [0, 0.1) is 6.92 Å². The summed E-state index contributed by atoms with van der Waals surface area (Å²) in [7, 11) is 1.26. The van der Waals surface area contributed by atoms with Gasteiger partial charge in [-0.1, -0.05) is 42.5 Å². The van der Waals surface area contributed by atoms with Crippen LogP contribution in [-0.4, -0.2) is 54.0 Å². The minimum Gasteiger partial charge on any atom is -0.507 e. The highest BCUT2D eigenvalue weighted by molar-refractivity contribution is 7.17. The molecule has 1 aliphatic heterocycles. The number of rotatable bonds is 9. The fraction of sp³-hybridized carbons (Fsp3) is 0.276. The van der Waals surface area contributed by atoms with Gasteiger partial charge >= 0.3 is 17.8 Å². The summed E-state index contributed by atoms with van der Waals surface area (Å²) >= 11 is 0.911. The number of ketones is 1. The van der Waals surface area contributed by atoms with Gasteiger partial charge in [-0.2, -0.15) is 0 Å². The number of methoxy groups -OCH3 is 1. The standard InChI is InChI=1S/C29H28N2O8S/c1-5-14-39-20-9-7-8-19(15-20)23(32)21-22(17-10-12-18(13-11-17)27(35)37-4)31(26(34)24(21)33)29-30-16(3)25(40-29)28(36)38-6-2/h7-13,15,22,32H,5-6,14H2,1-4H3. The van der Waals surface area contributed by atoms with Crippen molar-refractivity contribution < 1.29 is 38.5 Å². The second-order valence-electron chi connectivity index (χ2n) is 8.79. The molecule has 0 radical (unpaired) electrons. The molecule has 40 heavy (non-hydrogen) atoms. The zero-order valence-corrected chi connectivity index (χ0v) is 23.2. The monoisotopic (exact) mass is 564 g/mol. The Kier molecular flexibility index (Phi) is 8.64. The van der Waals surface area contributed by atoms with Gasteiger partial charge in [-0.25, -0.2) is 14.6 Å². The van der Waals surface area contributed by atoms with Gasteiger partial charge < -0.3 is 19.3 Å². The molecule has 1 unspecified atom stereocenters. The SMILES string of the molecule is CCCOc1cccc(C(O)=C2C(=O)C(=O)N(c3nc(C)c(C(=O)OCC)s3)C2c2ccc(C(=O)OC)cc2)c1. The van der Waals surface area contributed by atoms with E-state index in [0.29, 0.717) is 23.6 Å². The van der Waals surface area contributed by atoms with E-state index in [-0.39, 0.29) is 33.3 Å². The predicted molar refractivity (Wildman–Crippen MR) is 148 cm³/mol. The van der Waals surface area contributed by atoms with Crippen molar-refractivity contribution in [2.24, 2.45) is 0 Å². The maximum Gasteiger partial charge on any atom is 0.350 e. The first-order valence-electron chi connectivity index (χ1n) is 12.6. The molecule has 4 rings (SSSR count). The number of aromatic nitrogens is 1. The van der Waals surface area contributed by atoms with Crippen LogP contribution < -0.4 is 9.64 Å². The second-order valence-corrected chi connectivity index (χ2v) is 9.77. The molecule has 2 heterocycles. The zero-order valence-electron chi connectivity index (χ0n) is 22.4. The van der Waals surface area contributed by atoms with E-state index in [0.717, 1.165) is 22.7 Å². The lowest BCUT2D eigenvalue weighted by molar-refractivity contribution is -0.132. The van der Waals surface area contributed by atoms with E-state index in [1.165, 1.54) is 19.2 Å². The van der Waals surface area contributed by atoms with Crippen molar-refractivity contribution in [3.63, 3.8) is 0 Å². The maximum absolute atomic E-state index is 13.5. The molecule has 0 aliphatic carbocycles. The summed E-state index contributed by atoms with van der Waals surface area (Å²) in [5.41, 5.74) is 1.14. The number of ether oxygens (including phenoxy) is 3. The fourth-order valence-electron chi connectivity index (χ4n) is 4.24. The number of nitrogens with zero attached hydrogens (tertiary/aromatic N) is 2. The summed E-state index contributed by atoms with van der Waals surface area (Å²) < 4.78 is 15.5. The minimum absolute atomic E-state index is 0.0868. The molecule has 1 atom stereocenters. The van der Waals surface area contributed by atoms with Gasteiger partial charge in [-0.15, -0.1) is 0 Å². The highest BCUT2D eigenvalue weighted by Crippen LogP contribution is 2.44. The first-order valence-corrected chi connectivity index (χ1v) is 13.4. The molecule has 3 aromatic rings. The number of carbonyl (C=O) groups is 4.